The molecule has 0 unspecified atom stereocenters. The molecule has 1 saturated heterocycles. The normalized spacial score (nSPS) is 19.8. The maximum absolute atomic E-state index is 12.2. The molecule has 0 amide bonds. The summed E-state index contributed by atoms with van der Waals surface area (Å²) in [7, 11) is -3.06. The number of sulfone groups is 1. The third-order valence-electron chi connectivity index (χ3n) is 4.49. The van der Waals surface area contributed by atoms with Gasteiger partial charge in [-0.1, -0.05) is 19.0 Å². The molecule has 2 rings (SSSR count). The van der Waals surface area contributed by atoms with E-state index in [0.717, 1.165) is 24.7 Å². The zero-order valence-corrected chi connectivity index (χ0v) is 17.3. The van der Waals surface area contributed by atoms with Gasteiger partial charge in [-0.15, -0.1) is 0 Å². The predicted molar refractivity (Wildman–Crippen MR) is 102 cm³/mol. The Morgan fingerprint density at radius 2 is 2.15 bits per heavy atom. The third kappa shape index (κ3) is 4.96. The average molecular weight is 386 g/mol. The van der Waals surface area contributed by atoms with Gasteiger partial charge in [0.15, 0.2) is 21.6 Å². The Kier molecular flexibility index (Phi) is 6.65. The summed E-state index contributed by atoms with van der Waals surface area (Å²) in [4.78, 5) is 11.1. The number of aromatic nitrogens is 2. The number of aryl methyl sites for hydroxylation is 1. The number of nitrogens with zero attached hydrogens (tertiary/aromatic N) is 4. The molecule has 0 aliphatic carbocycles. The number of nitrogens with one attached hydrogen (secondary N) is 1. The van der Waals surface area contributed by atoms with Crippen molar-refractivity contribution in [3.05, 3.63) is 11.7 Å². The molecule has 1 aliphatic rings. The van der Waals surface area contributed by atoms with Crippen molar-refractivity contribution in [3.8, 4) is 0 Å². The SMILES string of the molecule is CCNC(=NCCCc1nc(C(C)C)no1)N1CCS(=O)(=O)C(C)(C)C1. The molecule has 2 heterocycles. The second-order valence-electron chi connectivity index (χ2n) is 7.54. The van der Waals surface area contributed by atoms with Crippen molar-refractivity contribution in [3.63, 3.8) is 0 Å². The first-order valence-corrected chi connectivity index (χ1v) is 10.9. The van der Waals surface area contributed by atoms with Crippen LogP contribution in [0.15, 0.2) is 9.52 Å². The monoisotopic (exact) mass is 385 g/mol. The first-order chi connectivity index (χ1) is 12.2. The molecule has 0 radical (unpaired) electrons. The second kappa shape index (κ2) is 8.37. The lowest BCUT2D eigenvalue weighted by Crippen LogP contribution is -2.57. The molecular formula is C17H31N5O3S. The fourth-order valence-corrected chi connectivity index (χ4v) is 4.14. The Hall–Kier alpha value is -1.64. The van der Waals surface area contributed by atoms with Gasteiger partial charge in [0.2, 0.25) is 5.89 Å². The fourth-order valence-electron chi connectivity index (χ4n) is 2.77. The van der Waals surface area contributed by atoms with Crippen molar-refractivity contribution in [1.29, 1.82) is 0 Å². The van der Waals surface area contributed by atoms with Gasteiger partial charge in [-0.25, -0.2) is 8.42 Å². The summed E-state index contributed by atoms with van der Waals surface area (Å²) in [5, 5.41) is 7.23. The summed E-state index contributed by atoms with van der Waals surface area (Å²) in [6.45, 7) is 11.9. The molecule has 9 heteroatoms. The highest BCUT2D eigenvalue weighted by Gasteiger charge is 2.40. The highest BCUT2D eigenvalue weighted by molar-refractivity contribution is 7.92. The molecule has 0 atom stereocenters. The van der Waals surface area contributed by atoms with Crippen LogP contribution in [-0.2, 0) is 16.3 Å². The highest BCUT2D eigenvalue weighted by Crippen LogP contribution is 2.23. The second-order valence-corrected chi connectivity index (χ2v) is 10.3. The first kappa shape index (κ1) is 20.7. The maximum Gasteiger partial charge on any atom is 0.226 e. The molecular weight excluding hydrogens is 354 g/mol. The first-order valence-electron chi connectivity index (χ1n) is 9.24. The van der Waals surface area contributed by atoms with Crippen molar-refractivity contribution in [1.82, 2.24) is 20.4 Å². The zero-order valence-electron chi connectivity index (χ0n) is 16.4. The molecule has 0 bridgehead atoms. The summed E-state index contributed by atoms with van der Waals surface area (Å²) in [6.07, 6.45) is 1.48. The van der Waals surface area contributed by atoms with Gasteiger partial charge < -0.3 is 14.7 Å². The maximum atomic E-state index is 12.2. The van der Waals surface area contributed by atoms with Crippen LogP contribution in [0, 0.1) is 0 Å². The minimum absolute atomic E-state index is 0.157. The van der Waals surface area contributed by atoms with E-state index in [1.54, 1.807) is 13.8 Å². The van der Waals surface area contributed by atoms with Crippen LogP contribution in [0.2, 0.25) is 0 Å². The standard InChI is InChI=1S/C17H31N5O3S/c1-6-18-16(22-10-11-26(23,24)17(4,5)12-22)19-9-7-8-14-20-15(13(2)3)21-25-14/h13H,6-12H2,1-5H3,(H,18,19). The van der Waals surface area contributed by atoms with Crippen molar-refractivity contribution in [2.75, 3.05) is 31.9 Å². The van der Waals surface area contributed by atoms with E-state index in [1.165, 1.54) is 0 Å². The van der Waals surface area contributed by atoms with E-state index >= 15 is 0 Å². The predicted octanol–water partition coefficient (Wildman–Crippen LogP) is 1.60. The van der Waals surface area contributed by atoms with Crippen LogP contribution in [0.1, 0.15) is 58.7 Å². The Morgan fingerprint density at radius 3 is 2.73 bits per heavy atom. The van der Waals surface area contributed by atoms with Crippen LogP contribution >= 0.6 is 0 Å². The topological polar surface area (TPSA) is 101 Å². The number of guanidine groups is 1. The van der Waals surface area contributed by atoms with Crippen molar-refractivity contribution in [2.24, 2.45) is 4.99 Å². The molecule has 1 N–H and O–H groups in total. The fraction of sp³-hybridized carbons (Fsp3) is 0.824. The van der Waals surface area contributed by atoms with Crippen LogP contribution in [0.4, 0.5) is 0 Å². The molecule has 8 nitrogen and oxygen atoms in total. The van der Waals surface area contributed by atoms with Crippen LogP contribution in [0.5, 0.6) is 0 Å². The smallest absolute Gasteiger partial charge is 0.226 e. The van der Waals surface area contributed by atoms with Crippen molar-refractivity contribution < 1.29 is 12.9 Å². The lowest BCUT2D eigenvalue weighted by atomic mass is 10.2. The molecule has 0 saturated carbocycles. The van der Waals surface area contributed by atoms with E-state index in [1.807, 2.05) is 25.7 Å². The lowest BCUT2D eigenvalue weighted by molar-refractivity contribution is 0.352. The summed E-state index contributed by atoms with van der Waals surface area (Å²) < 4.78 is 28.9. The average Bonchev–Trinajstić information content (AvgIpc) is 3.02. The largest absolute Gasteiger partial charge is 0.357 e. The van der Waals surface area contributed by atoms with Gasteiger partial charge in [-0.05, 0) is 27.2 Å². The summed E-state index contributed by atoms with van der Waals surface area (Å²) in [5.74, 6) is 2.55. The lowest BCUT2D eigenvalue weighted by Gasteiger charge is -2.39. The van der Waals surface area contributed by atoms with Crippen molar-refractivity contribution >= 4 is 15.8 Å². The molecule has 1 aromatic rings. The van der Waals surface area contributed by atoms with Gasteiger partial charge >= 0.3 is 0 Å². The zero-order chi connectivity index (χ0) is 19.4. The molecule has 1 fully saturated rings. The Morgan fingerprint density at radius 1 is 1.42 bits per heavy atom. The molecule has 0 spiro atoms. The number of hydrogen-bond donors (Lipinski definition) is 1. The number of hydrogen-bond acceptors (Lipinski definition) is 6. The van der Waals surface area contributed by atoms with Gasteiger partial charge in [0.25, 0.3) is 0 Å². The van der Waals surface area contributed by atoms with Gasteiger partial charge in [0, 0.05) is 38.5 Å². The third-order valence-corrected chi connectivity index (χ3v) is 7.02. The quantitative estimate of drug-likeness (QED) is 0.451. The van der Waals surface area contributed by atoms with Crippen LogP contribution in [0.3, 0.4) is 0 Å². The van der Waals surface area contributed by atoms with Gasteiger partial charge in [-0.3, -0.25) is 4.99 Å². The number of aliphatic imine (C=N–C) groups is 1. The van der Waals surface area contributed by atoms with E-state index in [9.17, 15) is 8.42 Å². The molecule has 26 heavy (non-hydrogen) atoms. The van der Waals surface area contributed by atoms with Crippen molar-refractivity contribution in [2.45, 2.75) is 58.1 Å². The Balaban J connectivity index is 1.94. The van der Waals surface area contributed by atoms with Crippen LogP contribution in [0.25, 0.3) is 0 Å². The van der Waals surface area contributed by atoms with Gasteiger partial charge in [0.1, 0.15) is 0 Å². The molecule has 1 aromatic heterocycles. The summed E-state index contributed by atoms with van der Waals surface area (Å²) >= 11 is 0. The molecule has 1 aliphatic heterocycles. The van der Waals surface area contributed by atoms with E-state index in [0.29, 0.717) is 31.9 Å². The summed E-state index contributed by atoms with van der Waals surface area (Å²) in [5.41, 5.74) is 0. The number of rotatable bonds is 6. The van der Waals surface area contributed by atoms with Crippen LogP contribution < -0.4 is 5.32 Å². The molecule has 0 aromatic carbocycles. The van der Waals surface area contributed by atoms with E-state index < -0.39 is 14.6 Å². The minimum atomic E-state index is -3.06. The van der Waals surface area contributed by atoms with Gasteiger partial charge in [0.05, 0.1) is 10.5 Å². The van der Waals surface area contributed by atoms with Gasteiger partial charge in [-0.2, -0.15) is 4.98 Å². The van der Waals surface area contributed by atoms with E-state index in [2.05, 4.69) is 20.4 Å². The van der Waals surface area contributed by atoms with E-state index in [4.69, 9.17) is 4.52 Å². The Bertz CT molecular complexity index is 725. The summed E-state index contributed by atoms with van der Waals surface area (Å²) in [6, 6.07) is 0. The highest BCUT2D eigenvalue weighted by atomic mass is 32.2. The molecule has 148 valence electrons. The van der Waals surface area contributed by atoms with Crippen LogP contribution in [-0.4, -0.2) is 66.1 Å². The van der Waals surface area contributed by atoms with E-state index in [-0.39, 0.29) is 11.7 Å². The minimum Gasteiger partial charge on any atom is -0.357 e. The Labute approximate surface area is 156 Å².